The van der Waals surface area contributed by atoms with Gasteiger partial charge in [0, 0.05) is 23.6 Å². The van der Waals surface area contributed by atoms with Crippen LogP contribution in [0.4, 0.5) is 13.2 Å². The van der Waals surface area contributed by atoms with Crippen molar-refractivity contribution in [3.63, 3.8) is 0 Å². The summed E-state index contributed by atoms with van der Waals surface area (Å²) in [7, 11) is 0. The van der Waals surface area contributed by atoms with Crippen molar-refractivity contribution >= 4 is 11.8 Å². The zero-order valence-electron chi connectivity index (χ0n) is 7.84. The summed E-state index contributed by atoms with van der Waals surface area (Å²) in [6.45, 7) is 1.64. The largest absolute Gasteiger partial charge is 0.415 e. The van der Waals surface area contributed by atoms with E-state index >= 15 is 0 Å². The highest BCUT2D eigenvalue weighted by molar-refractivity contribution is 8.00. The molecule has 0 aromatic carbocycles. The van der Waals surface area contributed by atoms with Crippen LogP contribution < -0.4 is 5.32 Å². The van der Waals surface area contributed by atoms with Crippen LogP contribution in [-0.4, -0.2) is 41.0 Å². The Bertz CT molecular complexity index is 184. The summed E-state index contributed by atoms with van der Waals surface area (Å²) in [5, 5.41) is 11.8. The molecule has 6 heteroatoms. The molecule has 84 valence electrons. The Morgan fingerprint density at radius 2 is 2.07 bits per heavy atom. The van der Waals surface area contributed by atoms with Crippen molar-refractivity contribution in [3.8, 4) is 0 Å². The van der Waals surface area contributed by atoms with E-state index in [0.717, 1.165) is 11.5 Å². The topological polar surface area (TPSA) is 32.3 Å². The van der Waals surface area contributed by atoms with E-state index in [1.165, 1.54) is 0 Å². The molecule has 0 amide bonds. The summed E-state index contributed by atoms with van der Waals surface area (Å²) < 4.78 is 36.5. The van der Waals surface area contributed by atoms with E-state index < -0.39 is 18.3 Å². The fraction of sp³-hybridized carbons (Fsp3) is 1.00. The molecule has 1 aliphatic rings. The van der Waals surface area contributed by atoms with E-state index in [1.807, 2.05) is 0 Å². The van der Waals surface area contributed by atoms with E-state index in [9.17, 15) is 13.2 Å². The molecule has 1 saturated heterocycles. The van der Waals surface area contributed by atoms with Crippen molar-refractivity contribution in [2.75, 3.05) is 11.5 Å². The molecule has 0 spiro atoms. The van der Waals surface area contributed by atoms with Gasteiger partial charge in [-0.05, 0) is 6.42 Å². The first-order chi connectivity index (χ1) is 6.45. The molecule has 1 heterocycles. The molecule has 2 atom stereocenters. The van der Waals surface area contributed by atoms with Crippen molar-refractivity contribution in [1.82, 2.24) is 5.32 Å². The molecule has 2 N–H and O–H groups in total. The lowest BCUT2D eigenvalue weighted by Gasteiger charge is -2.33. The second-order valence-corrected chi connectivity index (χ2v) is 4.48. The molecular formula is C8H14F3NOS. The number of hydrogen-bond acceptors (Lipinski definition) is 3. The molecule has 0 aromatic heterocycles. The lowest BCUT2D eigenvalue weighted by atomic mass is 10.1. The maximum Gasteiger partial charge on any atom is 0.415 e. The van der Waals surface area contributed by atoms with Gasteiger partial charge in [0.25, 0.3) is 0 Å². The average Bonchev–Trinajstić information content (AvgIpc) is 2.00. The molecule has 14 heavy (non-hydrogen) atoms. The third kappa shape index (κ3) is 3.03. The van der Waals surface area contributed by atoms with Gasteiger partial charge in [-0.2, -0.15) is 24.9 Å². The Labute approximate surface area is 85.3 Å². The number of halogens is 3. The molecule has 2 nitrogen and oxygen atoms in total. The van der Waals surface area contributed by atoms with Crippen molar-refractivity contribution < 1.29 is 18.3 Å². The van der Waals surface area contributed by atoms with Gasteiger partial charge in [-0.25, -0.2) is 0 Å². The first-order valence-corrected chi connectivity index (χ1v) is 5.69. The summed E-state index contributed by atoms with van der Waals surface area (Å²) >= 11 is 1.69. The number of aliphatic hydroxyl groups is 1. The van der Waals surface area contributed by atoms with Crippen LogP contribution in [0.2, 0.25) is 0 Å². The molecule has 1 aliphatic heterocycles. The normalized spacial score (nSPS) is 22.9. The van der Waals surface area contributed by atoms with Crippen LogP contribution in [0.5, 0.6) is 0 Å². The number of thioether (sulfide) groups is 1. The first-order valence-electron chi connectivity index (χ1n) is 4.53. The smallest absolute Gasteiger partial charge is 0.382 e. The summed E-state index contributed by atoms with van der Waals surface area (Å²) in [5.41, 5.74) is 0. The first kappa shape index (κ1) is 12.1. The van der Waals surface area contributed by atoms with Crippen molar-refractivity contribution in [3.05, 3.63) is 0 Å². The zero-order valence-corrected chi connectivity index (χ0v) is 8.66. The quantitative estimate of drug-likeness (QED) is 0.764. The number of hydrogen-bond donors (Lipinski definition) is 2. The highest BCUT2D eigenvalue weighted by atomic mass is 32.2. The second-order valence-electron chi connectivity index (χ2n) is 3.40. The highest BCUT2D eigenvalue weighted by Crippen LogP contribution is 2.25. The monoisotopic (exact) mass is 229 g/mol. The fourth-order valence-electron chi connectivity index (χ4n) is 1.30. The van der Waals surface area contributed by atoms with E-state index in [4.69, 9.17) is 5.11 Å². The predicted octanol–water partition coefficient (Wildman–Crippen LogP) is 1.39. The van der Waals surface area contributed by atoms with Crippen LogP contribution in [0.1, 0.15) is 13.3 Å². The van der Waals surface area contributed by atoms with Gasteiger partial charge < -0.3 is 10.4 Å². The minimum Gasteiger partial charge on any atom is -0.382 e. The summed E-state index contributed by atoms with van der Waals surface area (Å²) in [4.78, 5) is 0. The molecule has 2 unspecified atom stereocenters. The van der Waals surface area contributed by atoms with Crippen LogP contribution in [0.15, 0.2) is 0 Å². The molecule has 1 fully saturated rings. The van der Waals surface area contributed by atoms with Crippen molar-refractivity contribution in [2.24, 2.45) is 0 Å². The van der Waals surface area contributed by atoms with Crippen LogP contribution in [-0.2, 0) is 0 Å². The lowest BCUT2D eigenvalue weighted by molar-refractivity contribution is -0.212. The molecule has 1 rings (SSSR count). The van der Waals surface area contributed by atoms with E-state index in [1.54, 1.807) is 18.7 Å². The SMILES string of the molecule is CCC(NC1CSC1)C(O)C(F)(F)F. The van der Waals surface area contributed by atoms with E-state index in [2.05, 4.69) is 5.32 Å². The Kier molecular flexibility index (Phi) is 4.09. The summed E-state index contributed by atoms with van der Waals surface area (Å²) in [6, 6.07) is -0.747. The average molecular weight is 229 g/mol. The Hall–Kier alpha value is 0.0600. The molecule has 0 aromatic rings. The predicted molar refractivity (Wildman–Crippen MR) is 50.4 cm³/mol. The van der Waals surface area contributed by atoms with Gasteiger partial charge in [0.1, 0.15) is 0 Å². The standard InChI is InChI=1S/C8H14F3NOS/c1-2-6(7(13)8(9,10)11)12-5-3-14-4-5/h5-7,12-13H,2-4H2,1H3. The van der Waals surface area contributed by atoms with Crippen LogP contribution in [0.3, 0.4) is 0 Å². The third-order valence-electron chi connectivity index (χ3n) is 2.24. The van der Waals surface area contributed by atoms with Gasteiger partial charge in [0.15, 0.2) is 6.10 Å². The zero-order chi connectivity index (χ0) is 10.8. The van der Waals surface area contributed by atoms with Crippen molar-refractivity contribution in [2.45, 2.75) is 37.7 Å². The third-order valence-corrected chi connectivity index (χ3v) is 3.52. The lowest BCUT2D eigenvalue weighted by Crippen LogP contribution is -2.54. The van der Waals surface area contributed by atoms with E-state index in [0.29, 0.717) is 0 Å². The summed E-state index contributed by atoms with van der Waals surface area (Å²) in [5.74, 6) is 1.67. The minimum absolute atomic E-state index is 0.127. The maximum absolute atomic E-state index is 12.2. The summed E-state index contributed by atoms with van der Waals surface area (Å²) in [6.07, 6.45) is -6.50. The molecular weight excluding hydrogens is 215 g/mol. The van der Waals surface area contributed by atoms with Crippen molar-refractivity contribution in [1.29, 1.82) is 0 Å². The highest BCUT2D eigenvalue weighted by Gasteiger charge is 2.43. The molecule has 0 aliphatic carbocycles. The molecule has 0 bridgehead atoms. The number of alkyl halides is 3. The van der Waals surface area contributed by atoms with E-state index in [-0.39, 0.29) is 12.5 Å². The van der Waals surface area contributed by atoms with Gasteiger partial charge in [-0.3, -0.25) is 0 Å². The van der Waals surface area contributed by atoms with Gasteiger partial charge in [0.2, 0.25) is 0 Å². The van der Waals surface area contributed by atoms with Gasteiger partial charge in [-0.15, -0.1) is 0 Å². The number of rotatable bonds is 4. The van der Waals surface area contributed by atoms with Crippen LogP contribution in [0, 0.1) is 0 Å². The van der Waals surface area contributed by atoms with Crippen LogP contribution >= 0.6 is 11.8 Å². The number of nitrogens with one attached hydrogen (secondary N) is 1. The molecule has 0 radical (unpaired) electrons. The van der Waals surface area contributed by atoms with Gasteiger partial charge in [0.05, 0.1) is 0 Å². The Morgan fingerprint density at radius 1 is 1.50 bits per heavy atom. The minimum atomic E-state index is -4.52. The van der Waals surface area contributed by atoms with Gasteiger partial charge >= 0.3 is 6.18 Å². The van der Waals surface area contributed by atoms with Crippen LogP contribution in [0.25, 0.3) is 0 Å². The number of aliphatic hydroxyl groups excluding tert-OH is 1. The maximum atomic E-state index is 12.2. The second kappa shape index (κ2) is 4.72. The van der Waals surface area contributed by atoms with Gasteiger partial charge in [-0.1, -0.05) is 6.92 Å². The Balaban J connectivity index is 2.43. The molecule has 0 saturated carbocycles. The Morgan fingerprint density at radius 3 is 2.36 bits per heavy atom. The fourth-order valence-corrected chi connectivity index (χ4v) is 1.96.